The molecule has 0 spiro atoms. The Morgan fingerprint density at radius 3 is 2.77 bits per heavy atom. The summed E-state index contributed by atoms with van der Waals surface area (Å²) in [7, 11) is 0. The minimum absolute atomic E-state index is 0.112. The van der Waals surface area contributed by atoms with Crippen LogP contribution in [0.1, 0.15) is 30.8 Å². The number of ketones is 1. The highest BCUT2D eigenvalue weighted by Gasteiger charge is 2.18. The lowest BCUT2D eigenvalue weighted by atomic mass is 10.0. The molecule has 0 aliphatic carbocycles. The highest BCUT2D eigenvalue weighted by molar-refractivity contribution is 5.97. The summed E-state index contributed by atoms with van der Waals surface area (Å²) in [6.07, 6.45) is 2.18. The molecule has 1 atom stereocenters. The van der Waals surface area contributed by atoms with Gasteiger partial charge in [-0.3, -0.25) is 4.79 Å². The molecule has 0 radical (unpaired) electrons. The van der Waals surface area contributed by atoms with Crippen LogP contribution in [0.15, 0.2) is 22.8 Å². The molecule has 2 N–H and O–H groups in total. The van der Waals surface area contributed by atoms with Crippen LogP contribution >= 0.6 is 0 Å². The average molecular weight is 181 g/mol. The normalized spacial score (nSPS) is 13.2. The van der Waals surface area contributed by atoms with Crippen LogP contribution in [0.4, 0.5) is 0 Å². The molecule has 1 aromatic heterocycles. The van der Waals surface area contributed by atoms with E-state index in [0.29, 0.717) is 18.1 Å². The molecule has 0 fully saturated rings. The van der Waals surface area contributed by atoms with Crippen molar-refractivity contribution in [2.24, 2.45) is 11.7 Å². The second-order valence-corrected chi connectivity index (χ2v) is 3.58. The maximum Gasteiger partial charge on any atom is 0.214 e. The summed E-state index contributed by atoms with van der Waals surface area (Å²) in [4.78, 5) is 11.5. The Hall–Kier alpha value is -1.09. The summed E-state index contributed by atoms with van der Waals surface area (Å²) in [6, 6.07) is 2.89. The number of carbonyl (C=O) groups excluding carboxylic acids is 1. The quantitative estimate of drug-likeness (QED) is 0.721. The molecule has 0 amide bonds. The zero-order valence-corrected chi connectivity index (χ0v) is 7.99. The van der Waals surface area contributed by atoms with Crippen molar-refractivity contribution in [1.29, 1.82) is 0 Å². The summed E-state index contributed by atoms with van der Waals surface area (Å²) in [6.45, 7) is 4.07. The predicted octanol–water partition coefficient (Wildman–Crippen LogP) is 1.84. The number of hydrogen-bond acceptors (Lipinski definition) is 3. The first-order valence-electron chi connectivity index (χ1n) is 4.44. The van der Waals surface area contributed by atoms with Gasteiger partial charge in [-0.15, -0.1) is 0 Å². The van der Waals surface area contributed by atoms with E-state index in [1.165, 1.54) is 6.26 Å². The molecule has 0 bridgehead atoms. The first-order valence-corrected chi connectivity index (χ1v) is 4.44. The third-order valence-electron chi connectivity index (χ3n) is 1.83. The van der Waals surface area contributed by atoms with Crippen molar-refractivity contribution in [3.05, 3.63) is 24.2 Å². The smallest absolute Gasteiger partial charge is 0.214 e. The van der Waals surface area contributed by atoms with Gasteiger partial charge in [0.05, 0.1) is 12.3 Å². The lowest BCUT2D eigenvalue weighted by molar-refractivity contribution is 0.0923. The fourth-order valence-corrected chi connectivity index (χ4v) is 1.22. The molecule has 1 aromatic rings. The van der Waals surface area contributed by atoms with Crippen LogP contribution in [0.2, 0.25) is 0 Å². The van der Waals surface area contributed by atoms with Gasteiger partial charge in [0, 0.05) is 0 Å². The van der Waals surface area contributed by atoms with Gasteiger partial charge in [-0.2, -0.15) is 0 Å². The monoisotopic (exact) mass is 181 g/mol. The maximum atomic E-state index is 11.5. The van der Waals surface area contributed by atoms with Gasteiger partial charge in [-0.05, 0) is 24.5 Å². The molecule has 3 nitrogen and oxygen atoms in total. The third kappa shape index (κ3) is 2.70. The van der Waals surface area contributed by atoms with Crippen molar-refractivity contribution in [1.82, 2.24) is 0 Å². The first-order chi connectivity index (χ1) is 6.11. The Morgan fingerprint density at radius 1 is 1.62 bits per heavy atom. The number of Topliss-reactive ketones (excluding diaryl/α,β-unsaturated/α-hetero) is 1. The SMILES string of the molecule is CC(C)C[C@H](N)C(=O)c1ccco1. The van der Waals surface area contributed by atoms with Crippen molar-refractivity contribution in [3.8, 4) is 0 Å². The van der Waals surface area contributed by atoms with Crippen molar-refractivity contribution in [3.63, 3.8) is 0 Å². The van der Waals surface area contributed by atoms with E-state index in [0.717, 1.165) is 0 Å². The van der Waals surface area contributed by atoms with E-state index in [2.05, 4.69) is 0 Å². The van der Waals surface area contributed by atoms with Gasteiger partial charge in [-0.1, -0.05) is 13.8 Å². The second-order valence-electron chi connectivity index (χ2n) is 3.58. The molecule has 0 aromatic carbocycles. The molecule has 0 unspecified atom stereocenters. The lowest BCUT2D eigenvalue weighted by Crippen LogP contribution is -2.31. The molecule has 1 rings (SSSR count). The number of nitrogens with two attached hydrogens (primary N) is 1. The molecule has 0 saturated carbocycles. The van der Waals surface area contributed by atoms with E-state index < -0.39 is 6.04 Å². The van der Waals surface area contributed by atoms with Crippen molar-refractivity contribution < 1.29 is 9.21 Å². The molecular weight excluding hydrogens is 166 g/mol. The largest absolute Gasteiger partial charge is 0.461 e. The predicted molar refractivity (Wildman–Crippen MR) is 50.5 cm³/mol. The van der Waals surface area contributed by atoms with E-state index in [9.17, 15) is 4.79 Å². The second kappa shape index (κ2) is 4.23. The highest BCUT2D eigenvalue weighted by atomic mass is 16.3. The van der Waals surface area contributed by atoms with E-state index in [1.54, 1.807) is 12.1 Å². The average Bonchev–Trinajstić information content (AvgIpc) is 2.53. The Kier molecular flexibility index (Phi) is 3.25. The minimum Gasteiger partial charge on any atom is -0.461 e. The molecule has 1 heterocycles. The highest BCUT2D eigenvalue weighted by Crippen LogP contribution is 2.09. The van der Waals surface area contributed by atoms with E-state index in [1.807, 2.05) is 13.8 Å². The third-order valence-corrected chi connectivity index (χ3v) is 1.83. The molecule has 72 valence electrons. The Bertz CT molecular complexity index is 264. The summed E-state index contributed by atoms with van der Waals surface area (Å²) < 4.78 is 4.97. The van der Waals surface area contributed by atoms with Crippen molar-refractivity contribution in [2.75, 3.05) is 0 Å². The van der Waals surface area contributed by atoms with Crippen LogP contribution in [-0.4, -0.2) is 11.8 Å². The van der Waals surface area contributed by atoms with Crippen LogP contribution in [0.5, 0.6) is 0 Å². The first kappa shape index (κ1) is 9.99. The molecule has 0 aliphatic rings. The van der Waals surface area contributed by atoms with Gasteiger partial charge in [-0.25, -0.2) is 0 Å². The maximum absolute atomic E-state index is 11.5. The van der Waals surface area contributed by atoms with Gasteiger partial charge in [0.25, 0.3) is 0 Å². The zero-order chi connectivity index (χ0) is 9.84. The van der Waals surface area contributed by atoms with Crippen LogP contribution in [0, 0.1) is 5.92 Å². The zero-order valence-electron chi connectivity index (χ0n) is 7.99. The molecule has 0 saturated heterocycles. The van der Waals surface area contributed by atoms with Gasteiger partial charge in [0.15, 0.2) is 5.76 Å². The van der Waals surface area contributed by atoms with Crippen molar-refractivity contribution >= 4 is 5.78 Å². The minimum atomic E-state index is -0.439. The van der Waals surface area contributed by atoms with Crippen molar-refractivity contribution in [2.45, 2.75) is 26.3 Å². The Morgan fingerprint density at radius 2 is 2.31 bits per heavy atom. The van der Waals surface area contributed by atoms with Gasteiger partial charge >= 0.3 is 0 Å². The summed E-state index contributed by atoms with van der Waals surface area (Å²) >= 11 is 0. The molecule has 0 aliphatic heterocycles. The van der Waals surface area contributed by atoms with E-state index in [4.69, 9.17) is 10.2 Å². The van der Waals surface area contributed by atoms with Gasteiger partial charge < -0.3 is 10.2 Å². The van der Waals surface area contributed by atoms with Gasteiger partial charge in [0.1, 0.15) is 0 Å². The number of hydrogen-bond donors (Lipinski definition) is 1. The van der Waals surface area contributed by atoms with Crippen LogP contribution in [-0.2, 0) is 0 Å². The van der Waals surface area contributed by atoms with Crippen LogP contribution in [0.3, 0.4) is 0 Å². The number of carbonyl (C=O) groups is 1. The summed E-state index contributed by atoms with van der Waals surface area (Å²) in [5.74, 6) is 0.667. The van der Waals surface area contributed by atoms with E-state index in [-0.39, 0.29) is 5.78 Å². The fraction of sp³-hybridized carbons (Fsp3) is 0.500. The Labute approximate surface area is 77.9 Å². The Balaban J connectivity index is 2.58. The molecule has 3 heteroatoms. The standard InChI is InChI=1S/C10H15NO2/c1-7(2)6-8(11)10(12)9-4-3-5-13-9/h3-5,7-8H,6,11H2,1-2H3/t8-/m0/s1. The molecule has 13 heavy (non-hydrogen) atoms. The summed E-state index contributed by atoms with van der Waals surface area (Å²) in [5.41, 5.74) is 5.70. The number of rotatable bonds is 4. The topological polar surface area (TPSA) is 56.2 Å². The van der Waals surface area contributed by atoms with E-state index >= 15 is 0 Å². The van der Waals surface area contributed by atoms with Crippen LogP contribution in [0.25, 0.3) is 0 Å². The fourth-order valence-electron chi connectivity index (χ4n) is 1.22. The molecular formula is C10H15NO2. The lowest BCUT2D eigenvalue weighted by Gasteiger charge is -2.10. The van der Waals surface area contributed by atoms with Gasteiger partial charge in [0.2, 0.25) is 5.78 Å². The summed E-state index contributed by atoms with van der Waals surface area (Å²) in [5, 5.41) is 0. The number of furan rings is 1. The van der Waals surface area contributed by atoms with Crippen LogP contribution < -0.4 is 5.73 Å².